The van der Waals surface area contributed by atoms with Crippen molar-refractivity contribution in [2.24, 2.45) is 11.3 Å². The van der Waals surface area contributed by atoms with E-state index in [1.165, 1.54) is 16.6 Å². The fourth-order valence-electron chi connectivity index (χ4n) is 2.25. The van der Waals surface area contributed by atoms with E-state index in [4.69, 9.17) is 0 Å². The van der Waals surface area contributed by atoms with Crippen LogP contribution in [0.3, 0.4) is 0 Å². The highest BCUT2D eigenvalue weighted by Gasteiger charge is 2.24. The highest BCUT2D eigenvalue weighted by atomic mass is 79.9. The summed E-state index contributed by atoms with van der Waals surface area (Å²) in [5, 5.41) is 1.01. The van der Waals surface area contributed by atoms with Crippen molar-refractivity contribution in [2.75, 3.05) is 5.33 Å². The lowest BCUT2D eigenvalue weighted by atomic mass is 9.82. The number of imidazole rings is 1. The predicted molar refractivity (Wildman–Crippen MR) is 85.9 cm³/mol. The molecule has 0 aliphatic heterocycles. The maximum atomic E-state index is 4.54. The largest absolute Gasteiger partial charge is 0.330 e. The van der Waals surface area contributed by atoms with Crippen molar-refractivity contribution in [1.82, 2.24) is 9.55 Å². The van der Waals surface area contributed by atoms with Crippen molar-refractivity contribution < 1.29 is 0 Å². The number of nitrogens with zero attached hydrogens (tertiary/aromatic N) is 2. The Morgan fingerprint density at radius 2 is 1.84 bits per heavy atom. The molecule has 0 saturated heterocycles. The van der Waals surface area contributed by atoms with E-state index < -0.39 is 0 Å². The Hall–Kier alpha value is -0.830. The van der Waals surface area contributed by atoms with Crippen LogP contribution in [0.5, 0.6) is 0 Å². The Labute approximate surface area is 124 Å². The average Bonchev–Trinajstić information content (AvgIpc) is 2.67. The van der Waals surface area contributed by atoms with Crippen LogP contribution >= 0.6 is 15.9 Å². The smallest absolute Gasteiger partial charge is 0.0958 e. The Bertz CT molecular complexity index is 578. The summed E-state index contributed by atoms with van der Waals surface area (Å²) in [6.07, 6.45) is 1.98. The molecule has 0 aliphatic rings. The number of fused-ring (bicyclic) bond motifs is 1. The molecule has 3 heteroatoms. The number of aromatic nitrogens is 2. The number of benzene rings is 1. The summed E-state index contributed by atoms with van der Waals surface area (Å²) in [6, 6.07) is 4.44. The van der Waals surface area contributed by atoms with Gasteiger partial charge in [0.1, 0.15) is 0 Å². The molecule has 2 nitrogen and oxygen atoms in total. The summed E-state index contributed by atoms with van der Waals surface area (Å²) >= 11 is 3.65. The van der Waals surface area contributed by atoms with Gasteiger partial charge in [-0.25, -0.2) is 4.98 Å². The van der Waals surface area contributed by atoms with Crippen molar-refractivity contribution in [3.63, 3.8) is 0 Å². The molecule has 104 valence electrons. The van der Waals surface area contributed by atoms with Gasteiger partial charge in [-0.2, -0.15) is 0 Å². The molecule has 0 spiro atoms. The Morgan fingerprint density at radius 3 is 2.42 bits per heavy atom. The van der Waals surface area contributed by atoms with Crippen molar-refractivity contribution in [2.45, 2.75) is 41.2 Å². The van der Waals surface area contributed by atoms with Gasteiger partial charge in [-0.05, 0) is 48.4 Å². The third-order valence-electron chi connectivity index (χ3n) is 4.06. The minimum absolute atomic E-state index is 0.292. The molecular weight excluding hydrogens is 300 g/mol. The predicted octanol–water partition coefficient (Wildman–Crippen LogP) is 4.71. The van der Waals surface area contributed by atoms with Gasteiger partial charge >= 0.3 is 0 Å². The van der Waals surface area contributed by atoms with Gasteiger partial charge in [0.05, 0.1) is 17.4 Å². The van der Waals surface area contributed by atoms with E-state index in [1.54, 1.807) is 0 Å². The second-order valence-corrected chi connectivity index (χ2v) is 7.19. The van der Waals surface area contributed by atoms with Gasteiger partial charge in [-0.3, -0.25) is 0 Å². The molecule has 1 aromatic carbocycles. The van der Waals surface area contributed by atoms with E-state index in [2.05, 4.69) is 72.2 Å². The van der Waals surface area contributed by atoms with E-state index in [-0.39, 0.29) is 0 Å². The second kappa shape index (κ2) is 5.28. The third-order valence-corrected chi connectivity index (χ3v) is 4.85. The molecule has 0 amide bonds. The SMILES string of the molecule is Cc1cc2ncn(CC(CBr)C(C)(C)C)c2cc1C. The molecule has 1 atom stereocenters. The third kappa shape index (κ3) is 3.02. The van der Waals surface area contributed by atoms with E-state index >= 15 is 0 Å². The van der Waals surface area contributed by atoms with E-state index in [0.29, 0.717) is 11.3 Å². The zero-order valence-corrected chi connectivity index (χ0v) is 14.1. The summed E-state index contributed by atoms with van der Waals surface area (Å²) in [4.78, 5) is 4.54. The molecule has 1 heterocycles. The molecule has 2 rings (SSSR count). The van der Waals surface area contributed by atoms with E-state index in [1.807, 2.05) is 6.33 Å². The minimum Gasteiger partial charge on any atom is -0.330 e. The molecule has 19 heavy (non-hydrogen) atoms. The average molecular weight is 323 g/mol. The number of halogens is 1. The zero-order valence-electron chi connectivity index (χ0n) is 12.5. The van der Waals surface area contributed by atoms with Crippen LogP contribution in [0, 0.1) is 25.2 Å². The molecule has 0 N–H and O–H groups in total. The zero-order chi connectivity index (χ0) is 14.2. The van der Waals surface area contributed by atoms with Crippen LogP contribution in [-0.4, -0.2) is 14.9 Å². The van der Waals surface area contributed by atoms with Crippen molar-refractivity contribution in [1.29, 1.82) is 0 Å². The number of rotatable bonds is 3. The lowest BCUT2D eigenvalue weighted by Gasteiger charge is -2.29. The monoisotopic (exact) mass is 322 g/mol. The number of aryl methyl sites for hydroxylation is 2. The van der Waals surface area contributed by atoms with Crippen LogP contribution in [0.25, 0.3) is 11.0 Å². The van der Waals surface area contributed by atoms with Crippen LogP contribution < -0.4 is 0 Å². The van der Waals surface area contributed by atoms with Gasteiger partial charge < -0.3 is 4.57 Å². The molecule has 0 radical (unpaired) electrons. The maximum Gasteiger partial charge on any atom is 0.0958 e. The first kappa shape index (κ1) is 14.6. The fourth-order valence-corrected chi connectivity index (χ4v) is 3.43. The summed E-state index contributed by atoms with van der Waals surface area (Å²) in [5.74, 6) is 0.589. The number of hydrogen-bond donors (Lipinski definition) is 0. The van der Waals surface area contributed by atoms with E-state index in [9.17, 15) is 0 Å². The molecule has 1 unspecified atom stereocenters. The summed E-state index contributed by atoms with van der Waals surface area (Å²) in [6.45, 7) is 12.2. The van der Waals surface area contributed by atoms with Gasteiger partial charge in [-0.1, -0.05) is 36.7 Å². The first-order valence-corrected chi connectivity index (χ1v) is 7.93. The topological polar surface area (TPSA) is 17.8 Å². The lowest BCUT2D eigenvalue weighted by Crippen LogP contribution is -2.26. The Morgan fingerprint density at radius 1 is 1.21 bits per heavy atom. The van der Waals surface area contributed by atoms with Crippen molar-refractivity contribution in [3.05, 3.63) is 29.6 Å². The fraction of sp³-hybridized carbons (Fsp3) is 0.562. The quantitative estimate of drug-likeness (QED) is 0.748. The standard InChI is InChI=1S/C16H23BrN2/c1-11-6-14-15(7-12(11)2)19(10-18-14)9-13(8-17)16(3,4)5/h6-7,10,13H,8-9H2,1-5H3. The summed E-state index contributed by atoms with van der Waals surface area (Å²) in [7, 11) is 0. The summed E-state index contributed by atoms with van der Waals surface area (Å²) < 4.78 is 2.29. The van der Waals surface area contributed by atoms with Crippen LogP contribution in [0.1, 0.15) is 31.9 Å². The molecule has 1 aromatic heterocycles. The van der Waals surface area contributed by atoms with Crippen molar-refractivity contribution in [3.8, 4) is 0 Å². The lowest BCUT2D eigenvalue weighted by molar-refractivity contribution is 0.241. The first-order valence-electron chi connectivity index (χ1n) is 6.81. The molecular formula is C16H23BrN2. The Balaban J connectivity index is 2.38. The highest BCUT2D eigenvalue weighted by Crippen LogP contribution is 2.30. The normalized spacial score (nSPS) is 14.0. The minimum atomic E-state index is 0.292. The molecule has 2 aromatic rings. The maximum absolute atomic E-state index is 4.54. The number of hydrogen-bond acceptors (Lipinski definition) is 1. The second-order valence-electron chi connectivity index (χ2n) is 6.54. The molecule has 0 aliphatic carbocycles. The van der Waals surface area contributed by atoms with E-state index in [0.717, 1.165) is 17.4 Å². The molecule has 0 fully saturated rings. The van der Waals surface area contributed by atoms with Crippen LogP contribution in [-0.2, 0) is 6.54 Å². The first-order chi connectivity index (χ1) is 8.82. The Kier molecular flexibility index (Phi) is 4.05. The molecule has 0 saturated carbocycles. The highest BCUT2D eigenvalue weighted by molar-refractivity contribution is 9.09. The van der Waals surface area contributed by atoms with Crippen molar-refractivity contribution >= 4 is 27.0 Å². The van der Waals surface area contributed by atoms with Gasteiger partial charge in [0, 0.05) is 11.9 Å². The van der Waals surface area contributed by atoms with Crippen LogP contribution in [0.4, 0.5) is 0 Å². The van der Waals surface area contributed by atoms with Crippen LogP contribution in [0.2, 0.25) is 0 Å². The van der Waals surface area contributed by atoms with Crippen LogP contribution in [0.15, 0.2) is 18.5 Å². The summed E-state index contributed by atoms with van der Waals surface area (Å²) in [5.41, 5.74) is 5.29. The number of alkyl halides is 1. The van der Waals surface area contributed by atoms with Gasteiger partial charge in [-0.15, -0.1) is 0 Å². The molecule has 0 bridgehead atoms. The van der Waals surface area contributed by atoms with Gasteiger partial charge in [0.15, 0.2) is 0 Å². The van der Waals surface area contributed by atoms with Gasteiger partial charge in [0.25, 0.3) is 0 Å². The van der Waals surface area contributed by atoms with Gasteiger partial charge in [0.2, 0.25) is 0 Å².